The van der Waals surface area contributed by atoms with Crippen LogP contribution in [0.4, 0.5) is 23.9 Å². The molecule has 12 heteroatoms. The average molecular weight is 596 g/mol. The lowest BCUT2D eigenvalue weighted by molar-refractivity contribution is -0.137. The molecule has 3 aromatic rings. The van der Waals surface area contributed by atoms with Crippen LogP contribution in [0.5, 0.6) is 0 Å². The van der Waals surface area contributed by atoms with E-state index >= 15 is 0 Å². The fraction of sp³-hybridized carbons (Fsp3) is 0.500. The summed E-state index contributed by atoms with van der Waals surface area (Å²) in [5.74, 6) is 0.391. The van der Waals surface area contributed by atoms with Crippen LogP contribution in [0, 0.1) is 0 Å². The summed E-state index contributed by atoms with van der Waals surface area (Å²) in [5, 5.41) is 2.64. The van der Waals surface area contributed by atoms with Crippen molar-refractivity contribution in [2.45, 2.75) is 90.3 Å². The minimum Gasteiger partial charge on any atom is -0.447 e. The molecule has 1 aliphatic heterocycles. The lowest BCUT2D eigenvalue weighted by atomic mass is 9.87. The zero-order valence-electron chi connectivity index (χ0n) is 22.9. The number of carbonyl (C=O) groups excluding carboxylic acids is 1. The molecule has 3 atom stereocenters. The number of nitrogens with zero attached hydrogens (tertiary/aromatic N) is 5. The van der Waals surface area contributed by atoms with Crippen molar-refractivity contribution in [2.24, 2.45) is 0 Å². The van der Waals surface area contributed by atoms with Crippen molar-refractivity contribution in [1.82, 2.24) is 19.9 Å². The summed E-state index contributed by atoms with van der Waals surface area (Å²) >= 11 is 7.59. The van der Waals surface area contributed by atoms with Crippen molar-refractivity contribution >= 4 is 35.0 Å². The second kappa shape index (κ2) is 12.7. The molecule has 3 heterocycles. The van der Waals surface area contributed by atoms with E-state index in [4.69, 9.17) is 16.3 Å². The summed E-state index contributed by atoms with van der Waals surface area (Å²) in [5.41, 5.74) is 0.346. The van der Waals surface area contributed by atoms with E-state index in [1.54, 1.807) is 18.6 Å². The van der Waals surface area contributed by atoms with Crippen LogP contribution in [-0.2, 0) is 17.5 Å². The maximum atomic E-state index is 13.6. The number of benzene rings is 1. The number of anilines is 1. The summed E-state index contributed by atoms with van der Waals surface area (Å²) in [6, 6.07) is 3.21. The average Bonchev–Trinajstić information content (AvgIpc) is 3.45. The molecule has 0 aliphatic carbocycles. The highest BCUT2D eigenvalue weighted by Crippen LogP contribution is 2.36. The predicted molar refractivity (Wildman–Crippen MR) is 150 cm³/mol. The van der Waals surface area contributed by atoms with Gasteiger partial charge in [-0.15, -0.1) is 11.3 Å². The maximum Gasteiger partial charge on any atom is 0.416 e. The SMILES string of the molecule is CC[C@@H]1CC(N(Cc2cc(Cl)cc(C(F)(F)F)c2)c2ncc(-c3nccs3)cn2)C[C@H](CC)N1C(=O)OC(C)C. The molecule has 40 heavy (non-hydrogen) atoms. The number of alkyl halides is 3. The smallest absolute Gasteiger partial charge is 0.416 e. The van der Waals surface area contributed by atoms with Gasteiger partial charge in [0.1, 0.15) is 5.01 Å². The molecule has 0 bridgehead atoms. The number of hydrogen-bond donors (Lipinski definition) is 0. The van der Waals surface area contributed by atoms with E-state index < -0.39 is 11.7 Å². The predicted octanol–water partition coefficient (Wildman–Crippen LogP) is 7.85. The van der Waals surface area contributed by atoms with E-state index in [9.17, 15) is 18.0 Å². The summed E-state index contributed by atoms with van der Waals surface area (Å²) in [6.45, 7) is 7.80. The zero-order chi connectivity index (χ0) is 29.0. The van der Waals surface area contributed by atoms with Crippen LogP contribution < -0.4 is 4.90 Å². The number of amides is 1. The van der Waals surface area contributed by atoms with Gasteiger partial charge in [-0.2, -0.15) is 13.2 Å². The Morgan fingerprint density at radius 2 is 1.77 bits per heavy atom. The lowest BCUT2D eigenvalue weighted by Gasteiger charge is -2.47. The lowest BCUT2D eigenvalue weighted by Crippen LogP contribution is -2.57. The molecule has 1 aliphatic rings. The van der Waals surface area contributed by atoms with Crippen molar-refractivity contribution in [3.8, 4) is 10.6 Å². The number of aromatic nitrogens is 3. The Morgan fingerprint density at radius 3 is 2.30 bits per heavy atom. The summed E-state index contributed by atoms with van der Waals surface area (Å²) in [4.78, 5) is 30.4. The van der Waals surface area contributed by atoms with Gasteiger partial charge in [0.05, 0.1) is 11.7 Å². The second-order valence-electron chi connectivity index (χ2n) is 10.2. The highest BCUT2D eigenvalue weighted by molar-refractivity contribution is 7.13. The number of piperidine rings is 1. The first-order valence-electron chi connectivity index (χ1n) is 13.3. The van der Waals surface area contributed by atoms with E-state index in [2.05, 4.69) is 15.0 Å². The Kier molecular flexibility index (Phi) is 9.56. The monoisotopic (exact) mass is 595 g/mol. The molecule has 1 unspecified atom stereocenters. The molecule has 1 aromatic carbocycles. The fourth-order valence-corrected chi connectivity index (χ4v) is 6.07. The summed E-state index contributed by atoms with van der Waals surface area (Å²) < 4.78 is 46.3. The molecule has 0 saturated carbocycles. The molecule has 0 radical (unpaired) electrons. The van der Waals surface area contributed by atoms with Crippen LogP contribution in [0.2, 0.25) is 5.02 Å². The Balaban J connectivity index is 1.70. The van der Waals surface area contributed by atoms with Crippen LogP contribution in [0.25, 0.3) is 10.6 Å². The third kappa shape index (κ3) is 7.04. The molecule has 4 rings (SSSR count). The molecule has 7 nitrogen and oxygen atoms in total. The molecule has 1 saturated heterocycles. The maximum absolute atomic E-state index is 13.6. The molecular weight excluding hydrogens is 563 g/mol. The molecule has 0 N–H and O–H groups in total. The minimum absolute atomic E-state index is 0.00827. The topological polar surface area (TPSA) is 71.5 Å². The van der Waals surface area contributed by atoms with Crippen molar-refractivity contribution in [1.29, 1.82) is 0 Å². The van der Waals surface area contributed by atoms with Gasteiger partial charge >= 0.3 is 12.3 Å². The van der Waals surface area contributed by atoms with E-state index in [-0.39, 0.29) is 41.9 Å². The molecular formula is C28H33ClF3N5O2S. The number of thiazole rings is 1. The minimum atomic E-state index is -4.53. The van der Waals surface area contributed by atoms with Crippen LogP contribution >= 0.6 is 22.9 Å². The third-order valence-electron chi connectivity index (χ3n) is 7.02. The largest absolute Gasteiger partial charge is 0.447 e. The van der Waals surface area contributed by atoms with Gasteiger partial charge in [-0.05, 0) is 63.3 Å². The third-order valence-corrected chi connectivity index (χ3v) is 8.06. The highest BCUT2D eigenvalue weighted by atomic mass is 35.5. The van der Waals surface area contributed by atoms with Gasteiger partial charge in [0.2, 0.25) is 5.95 Å². The van der Waals surface area contributed by atoms with Crippen molar-refractivity contribution in [3.63, 3.8) is 0 Å². The highest BCUT2D eigenvalue weighted by Gasteiger charge is 2.41. The molecule has 216 valence electrons. The van der Waals surface area contributed by atoms with Crippen LogP contribution in [-0.4, -0.2) is 50.2 Å². The summed E-state index contributed by atoms with van der Waals surface area (Å²) in [6.07, 6.45) is 2.52. The number of rotatable bonds is 8. The number of halogens is 4. The van der Waals surface area contributed by atoms with Crippen molar-refractivity contribution in [2.75, 3.05) is 4.90 Å². The molecule has 2 aromatic heterocycles. The number of hydrogen-bond acceptors (Lipinski definition) is 7. The number of carbonyl (C=O) groups is 1. The quantitative estimate of drug-likeness (QED) is 0.264. The van der Waals surface area contributed by atoms with E-state index in [0.717, 1.165) is 22.7 Å². The van der Waals surface area contributed by atoms with Crippen LogP contribution in [0.15, 0.2) is 42.2 Å². The van der Waals surface area contributed by atoms with Gasteiger partial charge in [-0.3, -0.25) is 0 Å². The van der Waals surface area contributed by atoms with E-state index in [0.29, 0.717) is 37.2 Å². The normalized spacial score (nSPS) is 19.6. The molecule has 1 amide bonds. The Hall–Kier alpha value is -2.92. The summed E-state index contributed by atoms with van der Waals surface area (Å²) in [7, 11) is 0. The first-order chi connectivity index (χ1) is 19.0. The number of likely N-dealkylation sites (tertiary alicyclic amines) is 1. The van der Waals surface area contributed by atoms with Gasteiger partial charge in [0, 0.05) is 59.2 Å². The van der Waals surface area contributed by atoms with Gasteiger partial charge in [0.15, 0.2) is 0 Å². The van der Waals surface area contributed by atoms with Crippen molar-refractivity contribution < 1.29 is 22.7 Å². The van der Waals surface area contributed by atoms with Crippen LogP contribution in [0.1, 0.15) is 64.5 Å². The van der Waals surface area contributed by atoms with Crippen molar-refractivity contribution in [3.05, 3.63) is 58.3 Å². The van der Waals surface area contributed by atoms with Crippen LogP contribution in [0.3, 0.4) is 0 Å². The Morgan fingerprint density at radius 1 is 1.12 bits per heavy atom. The molecule has 1 fully saturated rings. The standard InChI is InChI=1S/C28H33ClF3N5O2S/c1-5-22-12-24(13-23(6-2)37(22)27(38)39-17(3)4)36(16-18-9-20(28(30,31)32)11-21(29)10-18)26-34-14-19(15-35-26)25-33-7-8-40-25/h7-11,14-15,17,22-24H,5-6,12-13,16H2,1-4H3/t22-,23+,24?. The van der Waals surface area contributed by atoms with Gasteiger partial charge < -0.3 is 14.5 Å². The second-order valence-corrected chi connectivity index (χ2v) is 11.5. The van der Waals surface area contributed by atoms with Gasteiger partial charge in [-0.25, -0.2) is 19.7 Å². The Bertz CT molecular complexity index is 1260. The van der Waals surface area contributed by atoms with E-state index in [1.807, 2.05) is 42.9 Å². The first-order valence-corrected chi connectivity index (χ1v) is 14.6. The van der Waals surface area contributed by atoms with Gasteiger partial charge in [-0.1, -0.05) is 25.4 Å². The van der Waals surface area contributed by atoms with E-state index in [1.165, 1.54) is 17.4 Å². The zero-order valence-corrected chi connectivity index (χ0v) is 24.4. The number of ether oxygens (including phenoxy) is 1. The molecule has 0 spiro atoms. The first kappa shape index (κ1) is 30.0. The van der Waals surface area contributed by atoms with Gasteiger partial charge in [0.25, 0.3) is 0 Å². The fourth-order valence-electron chi connectivity index (χ4n) is 5.20. The Labute approximate surface area is 241 Å².